The Kier molecular flexibility index (Phi) is 9.00. The molecule has 6 heteroatoms. The molecule has 4 heterocycles. The van der Waals surface area contributed by atoms with E-state index >= 15 is 0 Å². The molecular formula is C63H39N5S. The van der Waals surface area contributed by atoms with Gasteiger partial charge in [0.2, 0.25) is 5.95 Å². The molecule has 322 valence electrons. The zero-order valence-electron chi connectivity index (χ0n) is 37.2. The summed E-state index contributed by atoms with van der Waals surface area (Å²) < 4.78 is 7.17. The highest BCUT2D eigenvalue weighted by Gasteiger charge is 2.25. The fourth-order valence-electron chi connectivity index (χ4n) is 10.5. The minimum atomic E-state index is 0.564. The van der Waals surface area contributed by atoms with Crippen LogP contribution in [0.5, 0.6) is 0 Å². The maximum Gasteiger partial charge on any atom is 0.238 e. The lowest BCUT2D eigenvalue weighted by molar-refractivity contribution is 0.956. The standard InChI is InChI=1S/C63H39N5S/c1-4-18-40(19-5-1)41-32-34-44(35-33-41)67-55-30-16-14-26-47(55)49-36-38-51-52-39-37-50-48-27-15-17-31-56(48)68(58(50)60(52)69-59(51)57(49)67)63-65-61(53-28-12-10-24-45(53)42-20-6-2-7-21-42)64-62(66-63)54-29-13-11-25-46(54)43-22-8-3-9-23-43/h1-39H. The molecule has 0 aliphatic carbocycles. The summed E-state index contributed by atoms with van der Waals surface area (Å²) in [7, 11) is 0. The van der Waals surface area contributed by atoms with Gasteiger partial charge in [-0.3, -0.25) is 4.57 Å². The highest BCUT2D eigenvalue weighted by molar-refractivity contribution is 7.27. The molecule has 0 aliphatic rings. The number of aromatic nitrogens is 5. The number of hydrogen-bond donors (Lipinski definition) is 0. The second kappa shape index (κ2) is 15.8. The summed E-state index contributed by atoms with van der Waals surface area (Å²) in [5.41, 5.74) is 14.2. The topological polar surface area (TPSA) is 48.5 Å². The van der Waals surface area contributed by atoms with E-state index in [1.807, 2.05) is 11.3 Å². The molecule has 0 unspecified atom stereocenters. The van der Waals surface area contributed by atoms with E-state index in [-0.39, 0.29) is 0 Å². The number of benzene rings is 10. The summed E-state index contributed by atoms with van der Waals surface area (Å²) >= 11 is 1.86. The van der Waals surface area contributed by atoms with Crippen molar-refractivity contribution in [1.82, 2.24) is 24.1 Å². The van der Waals surface area contributed by atoms with Gasteiger partial charge in [-0.2, -0.15) is 9.97 Å². The second-order valence-corrected chi connectivity index (χ2v) is 18.5. The van der Waals surface area contributed by atoms with Gasteiger partial charge in [0.1, 0.15) is 0 Å². The predicted molar refractivity (Wildman–Crippen MR) is 289 cm³/mol. The molecule has 0 atom stereocenters. The van der Waals surface area contributed by atoms with Crippen molar-refractivity contribution < 1.29 is 0 Å². The van der Waals surface area contributed by atoms with Gasteiger partial charge in [0.15, 0.2) is 11.6 Å². The van der Waals surface area contributed by atoms with Crippen molar-refractivity contribution in [3.63, 3.8) is 0 Å². The zero-order valence-corrected chi connectivity index (χ0v) is 38.0. The lowest BCUT2D eigenvalue weighted by Crippen LogP contribution is -2.07. The van der Waals surface area contributed by atoms with E-state index in [4.69, 9.17) is 15.0 Å². The van der Waals surface area contributed by atoms with Crippen molar-refractivity contribution in [3.8, 4) is 67.8 Å². The smallest absolute Gasteiger partial charge is 0.238 e. The Bertz CT molecular complexity index is 4180. The van der Waals surface area contributed by atoms with Crippen molar-refractivity contribution in [2.75, 3.05) is 0 Å². The van der Waals surface area contributed by atoms with E-state index in [2.05, 4.69) is 246 Å². The molecule has 10 aromatic carbocycles. The zero-order chi connectivity index (χ0) is 45.4. The Labute approximate surface area is 401 Å². The Morgan fingerprint density at radius 2 is 0.667 bits per heavy atom. The van der Waals surface area contributed by atoms with E-state index in [1.54, 1.807) is 0 Å². The van der Waals surface area contributed by atoms with E-state index < -0.39 is 0 Å². The van der Waals surface area contributed by atoms with Crippen LogP contribution in [-0.4, -0.2) is 24.1 Å². The predicted octanol–water partition coefficient (Wildman–Crippen LogP) is 16.8. The number of fused-ring (bicyclic) bond motifs is 11. The molecule has 0 aliphatic heterocycles. The van der Waals surface area contributed by atoms with Crippen LogP contribution in [0.15, 0.2) is 237 Å². The summed E-state index contributed by atoms with van der Waals surface area (Å²) in [4.78, 5) is 16.4. The maximum atomic E-state index is 5.52. The first-order chi connectivity index (χ1) is 34.2. The van der Waals surface area contributed by atoms with Gasteiger partial charge in [-0.25, -0.2) is 4.98 Å². The summed E-state index contributed by atoms with van der Waals surface area (Å²) in [5, 5.41) is 7.17. The largest absolute Gasteiger partial charge is 0.308 e. The molecular weight excluding hydrogens is 859 g/mol. The Hall–Kier alpha value is -8.97. The van der Waals surface area contributed by atoms with Crippen LogP contribution in [-0.2, 0) is 0 Å². The van der Waals surface area contributed by atoms with Crippen LogP contribution in [0.2, 0.25) is 0 Å². The summed E-state index contributed by atoms with van der Waals surface area (Å²) in [6.07, 6.45) is 0. The van der Waals surface area contributed by atoms with Gasteiger partial charge < -0.3 is 4.57 Å². The summed E-state index contributed by atoms with van der Waals surface area (Å²) in [6.45, 7) is 0. The van der Waals surface area contributed by atoms with Crippen molar-refractivity contribution in [2.45, 2.75) is 0 Å². The van der Waals surface area contributed by atoms with Gasteiger partial charge in [-0.05, 0) is 57.6 Å². The third-order valence-corrected chi connectivity index (χ3v) is 14.9. The van der Waals surface area contributed by atoms with Crippen molar-refractivity contribution in [3.05, 3.63) is 237 Å². The fourth-order valence-corrected chi connectivity index (χ4v) is 11.9. The summed E-state index contributed by atoms with van der Waals surface area (Å²) in [5.74, 6) is 1.78. The molecule has 0 bridgehead atoms. The van der Waals surface area contributed by atoms with Crippen LogP contribution in [0.1, 0.15) is 0 Å². The van der Waals surface area contributed by atoms with Crippen LogP contribution in [0.3, 0.4) is 0 Å². The van der Waals surface area contributed by atoms with Gasteiger partial charge >= 0.3 is 0 Å². The lowest BCUT2D eigenvalue weighted by atomic mass is 9.98. The molecule has 0 amide bonds. The average Bonchev–Trinajstić information content (AvgIpc) is 4.10. The van der Waals surface area contributed by atoms with E-state index in [0.29, 0.717) is 17.6 Å². The minimum Gasteiger partial charge on any atom is -0.308 e. The molecule has 0 spiro atoms. The number of para-hydroxylation sites is 2. The van der Waals surface area contributed by atoms with Crippen LogP contribution in [0.25, 0.3) is 132 Å². The van der Waals surface area contributed by atoms with Crippen LogP contribution < -0.4 is 0 Å². The van der Waals surface area contributed by atoms with Gasteiger partial charge in [-0.15, -0.1) is 11.3 Å². The van der Waals surface area contributed by atoms with Crippen LogP contribution >= 0.6 is 11.3 Å². The average molecular weight is 898 g/mol. The molecule has 0 saturated carbocycles. The third-order valence-electron chi connectivity index (χ3n) is 13.6. The van der Waals surface area contributed by atoms with Crippen LogP contribution in [0.4, 0.5) is 0 Å². The third kappa shape index (κ3) is 6.27. The Morgan fingerprint density at radius 3 is 1.19 bits per heavy atom. The molecule has 0 saturated heterocycles. The maximum absolute atomic E-state index is 5.52. The molecule has 0 radical (unpaired) electrons. The van der Waals surface area contributed by atoms with Gasteiger partial charge in [0.05, 0.1) is 31.5 Å². The monoisotopic (exact) mass is 897 g/mol. The number of thiophene rings is 1. The highest BCUT2D eigenvalue weighted by Crippen LogP contribution is 2.47. The molecule has 0 fully saturated rings. The molecule has 69 heavy (non-hydrogen) atoms. The Balaban J connectivity index is 1.06. The second-order valence-electron chi connectivity index (χ2n) is 17.5. The van der Waals surface area contributed by atoms with E-state index in [0.717, 1.165) is 60.9 Å². The summed E-state index contributed by atoms with van der Waals surface area (Å²) in [6, 6.07) is 84.2. The van der Waals surface area contributed by atoms with Crippen molar-refractivity contribution >= 4 is 75.1 Å². The first-order valence-corrected chi connectivity index (χ1v) is 24.1. The Morgan fingerprint density at radius 1 is 0.275 bits per heavy atom. The first-order valence-electron chi connectivity index (χ1n) is 23.3. The number of hydrogen-bond acceptors (Lipinski definition) is 4. The molecule has 4 aromatic heterocycles. The van der Waals surface area contributed by atoms with E-state index in [9.17, 15) is 0 Å². The number of nitrogens with zero attached hydrogens (tertiary/aromatic N) is 5. The van der Waals surface area contributed by atoms with Crippen molar-refractivity contribution in [2.24, 2.45) is 0 Å². The van der Waals surface area contributed by atoms with Crippen LogP contribution in [0, 0.1) is 0 Å². The quantitative estimate of drug-likeness (QED) is 0.160. The van der Waals surface area contributed by atoms with Crippen molar-refractivity contribution in [1.29, 1.82) is 0 Å². The van der Waals surface area contributed by atoms with Gasteiger partial charge in [0, 0.05) is 49.1 Å². The molecule has 14 aromatic rings. The normalized spacial score (nSPS) is 11.8. The minimum absolute atomic E-state index is 0.564. The lowest BCUT2D eigenvalue weighted by Gasteiger charge is -2.15. The van der Waals surface area contributed by atoms with Gasteiger partial charge in [-0.1, -0.05) is 212 Å². The van der Waals surface area contributed by atoms with Gasteiger partial charge in [0.25, 0.3) is 0 Å². The molecule has 5 nitrogen and oxygen atoms in total. The highest BCUT2D eigenvalue weighted by atomic mass is 32.1. The molecule has 0 N–H and O–H groups in total. The first kappa shape index (κ1) is 39.2. The SMILES string of the molecule is c1ccc(-c2ccc(-n3c4ccccc4c4ccc5c6ccc7c8ccccc8n(-c8nc(-c9ccccc9-c9ccccc9)nc(-c9ccccc9-c9ccccc9)n8)c7c6sc5c43)cc2)cc1. The van der Waals surface area contributed by atoms with E-state index in [1.165, 1.54) is 53.1 Å². The number of rotatable bonds is 7. The molecule has 14 rings (SSSR count). The fraction of sp³-hybridized carbons (Fsp3) is 0.